The molecule has 0 aliphatic rings. The van der Waals surface area contributed by atoms with Gasteiger partial charge in [-0.05, 0) is 47.4 Å². The number of benzene rings is 2. The molecule has 0 fully saturated rings. The second kappa shape index (κ2) is 9.86. The van der Waals surface area contributed by atoms with E-state index in [0.717, 1.165) is 23.9 Å². The first-order valence-electron chi connectivity index (χ1n) is 10.0. The number of carbonyl (C=O) groups excluding carboxylic acids is 1. The normalized spacial score (nSPS) is 12.9. The van der Waals surface area contributed by atoms with Crippen LogP contribution < -0.4 is 10.1 Å². The lowest BCUT2D eigenvalue weighted by Crippen LogP contribution is -2.37. The fourth-order valence-electron chi connectivity index (χ4n) is 3.14. The number of methoxy groups -OCH3 is 1. The summed E-state index contributed by atoms with van der Waals surface area (Å²) in [4.78, 5) is 12.6. The number of nitrogens with one attached hydrogen (secondary N) is 1. The van der Waals surface area contributed by atoms with E-state index in [1.54, 1.807) is 37.4 Å². The molecule has 3 rings (SSSR count). The maximum Gasteiger partial charge on any atom is 0.416 e. The minimum atomic E-state index is -4.46. The van der Waals surface area contributed by atoms with Gasteiger partial charge in [-0.2, -0.15) is 13.2 Å². The first-order chi connectivity index (χ1) is 15.5. The second-order valence-electron chi connectivity index (χ2n) is 8.38. The summed E-state index contributed by atoms with van der Waals surface area (Å²) in [6, 6.07) is 11.5. The largest absolute Gasteiger partial charge is 0.497 e. The molecule has 0 radical (unpaired) electrons. The van der Waals surface area contributed by atoms with E-state index in [9.17, 15) is 18.0 Å². The molecule has 2 aromatic carbocycles. The second-order valence-corrected chi connectivity index (χ2v) is 9.31. The van der Waals surface area contributed by atoms with Crippen molar-refractivity contribution < 1.29 is 27.1 Å². The van der Waals surface area contributed by atoms with Crippen molar-refractivity contribution in [2.75, 3.05) is 12.9 Å². The maximum absolute atomic E-state index is 13.1. The van der Waals surface area contributed by atoms with Gasteiger partial charge in [-0.25, -0.2) is 0 Å². The van der Waals surface area contributed by atoms with Crippen LogP contribution in [0.15, 0.2) is 58.2 Å². The molecule has 1 atom stereocenters. The molecule has 0 bridgehead atoms. The van der Waals surface area contributed by atoms with Gasteiger partial charge in [-0.15, -0.1) is 10.2 Å². The summed E-state index contributed by atoms with van der Waals surface area (Å²) in [6.45, 7) is 5.56. The monoisotopic (exact) mass is 479 g/mol. The number of alkyl halides is 3. The minimum Gasteiger partial charge on any atom is -0.497 e. The topological polar surface area (TPSA) is 77.2 Å². The number of rotatable bonds is 7. The summed E-state index contributed by atoms with van der Waals surface area (Å²) < 4.78 is 50.1. The number of hydrogen-bond acceptors (Lipinski definition) is 6. The zero-order valence-corrected chi connectivity index (χ0v) is 19.4. The summed E-state index contributed by atoms with van der Waals surface area (Å²) in [7, 11) is 1.57. The third-order valence-corrected chi connectivity index (χ3v) is 5.61. The van der Waals surface area contributed by atoms with Gasteiger partial charge >= 0.3 is 6.18 Å². The van der Waals surface area contributed by atoms with Crippen LogP contribution in [0.4, 0.5) is 13.2 Å². The Hall–Kier alpha value is -3.01. The van der Waals surface area contributed by atoms with Crippen LogP contribution in [0.3, 0.4) is 0 Å². The molecule has 0 aliphatic heterocycles. The van der Waals surface area contributed by atoms with Gasteiger partial charge in [0.25, 0.3) is 5.22 Å². The highest BCUT2D eigenvalue weighted by Gasteiger charge is 2.33. The summed E-state index contributed by atoms with van der Waals surface area (Å²) in [5.41, 5.74) is -0.182. The van der Waals surface area contributed by atoms with Crippen LogP contribution in [-0.4, -0.2) is 29.0 Å². The van der Waals surface area contributed by atoms with E-state index in [-0.39, 0.29) is 16.9 Å². The average molecular weight is 480 g/mol. The van der Waals surface area contributed by atoms with Gasteiger partial charge in [-0.1, -0.05) is 44.7 Å². The van der Waals surface area contributed by atoms with Crippen molar-refractivity contribution in [1.82, 2.24) is 15.5 Å². The third kappa shape index (κ3) is 6.50. The zero-order chi connectivity index (χ0) is 24.2. The fraction of sp³-hybridized carbons (Fsp3) is 0.348. The standard InChI is InChI=1S/C23H24F3N3O3S/c1-22(2,3)19(15-6-5-7-16(12-15)23(24,25)26)27-18(30)13-33-21-29-28-20(32-21)14-8-10-17(31-4)11-9-14/h5-12,19H,13H2,1-4H3,(H,27,30). The number of carbonyl (C=O) groups is 1. The van der Waals surface area contributed by atoms with Crippen LogP contribution in [0.25, 0.3) is 11.5 Å². The molecule has 1 unspecified atom stereocenters. The van der Waals surface area contributed by atoms with Crippen LogP contribution in [0.2, 0.25) is 0 Å². The third-order valence-electron chi connectivity index (χ3n) is 4.79. The van der Waals surface area contributed by atoms with E-state index in [4.69, 9.17) is 9.15 Å². The summed E-state index contributed by atoms with van der Waals surface area (Å²) in [5.74, 6) is 0.604. The molecule has 0 spiro atoms. The Balaban J connectivity index is 1.66. The Morgan fingerprint density at radius 2 is 1.82 bits per heavy atom. The van der Waals surface area contributed by atoms with Gasteiger partial charge in [0.2, 0.25) is 11.8 Å². The van der Waals surface area contributed by atoms with Gasteiger partial charge in [0, 0.05) is 5.56 Å². The Morgan fingerprint density at radius 1 is 1.12 bits per heavy atom. The number of hydrogen-bond donors (Lipinski definition) is 1. The highest BCUT2D eigenvalue weighted by molar-refractivity contribution is 7.99. The van der Waals surface area contributed by atoms with E-state index in [1.165, 1.54) is 6.07 Å². The van der Waals surface area contributed by atoms with Gasteiger partial charge in [0.15, 0.2) is 0 Å². The van der Waals surface area contributed by atoms with Crippen LogP contribution in [0.5, 0.6) is 5.75 Å². The molecule has 1 aromatic heterocycles. The maximum atomic E-state index is 13.1. The van der Waals surface area contributed by atoms with Gasteiger partial charge < -0.3 is 14.5 Å². The molecule has 6 nitrogen and oxygen atoms in total. The van der Waals surface area contributed by atoms with Gasteiger partial charge in [0.1, 0.15) is 5.75 Å². The number of nitrogens with zero attached hydrogens (tertiary/aromatic N) is 2. The lowest BCUT2D eigenvalue weighted by atomic mass is 9.82. The number of thioether (sulfide) groups is 1. The summed E-state index contributed by atoms with van der Waals surface area (Å²) in [6.07, 6.45) is -4.46. The fourth-order valence-corrected chi connectivity index (χ4v) is 3.72. The van der Waals surface area contributed by atoms with Crippen LogP contribution in [0, 0.1) is 5.41 Å². The van der Waals surface area contributed by atoms with Crippen molar-refractivity contribution in [3.8, 4) is 17.2 Å². The minimum absolute atomic E-state index is 0.0320. The summed E-state index contributed by atoms with van der Waals surface area (Å²) in [5, 5.41) is 11.0. The number of amides is 1. The molecule has 1 amide bonds. The highest BCUT2D eigenvalue weighted by atomic mass is 32.2. The van der Waals surface area contributed by atoms with Gasteiger partial charge in [-0.3, -0.25) is 4.79 Å². The lowest BCUT2D eigenvalue weighted by molar-refractivity contribution is -0.137. The van der Waals surface area contributed by atoms with Crippen molar-refractivity contribution in [2.24, 2.45) is 5.41 Å². The number of halogens is 3. The molecule has 0 aliphatic carbocycles. The first-order valence-corrected chi connectivity index (χ1v) is 11.0. The predicted octanol–water partition coefficient (Wildman–Crippen LogP) is 5.76. The molecule has 3 aromatic rings. The molecular weight excluding hydrogens is 455 g/mol. The predicted molar refractivity (Wildman–Crippen MR) is 119 cm³/mol. The van der Waals surface area contributed by atoms with E-state index < -0.39 is 23.2 Å². The lowest BCUT2D eigenvalue weighted by Gasteiger charge is -2.32. The molecular formula is C23H24F3N3O3S. The van der Waals surface area contributed by atoms with E-state index in [0.29, 0.717) is 22.8 Å². The van der Waals surface area contributed by atoms with Crippen molar-refractivity contribution >= 4 is 17.7 Å². The average Bonchev–Trinajstić information content (AvgIpc) is 3.24. The zero-order valence-electron chi connectivity index (χ0n) is 18.6. The van der Waals surface area contributed by atoms with Crippen molar-refractivity contribution in [2.45, 2.75) is 38.2 Å². The number of ether oxygens (including phenoxy) is 1. The van der Waals surface area contributed by atoms with Crippen LogP contribution >= 0.6 is 11.8 Å². The highest BCUT2D eigenvalue weighted by Crippen LogP contribution is 2.36. The number of aromatic nitrogens is 2. The first kappa shape index (κ1) is 24.6. The molecule has 0 saturated carbocycles. The Morgan fingerprint density at radius 3 is 2.42 bits per heavy atom. The van der Waals surface area contributed by atoms with E-state index in [1.807, 2.05) is 20.8 Å². The van der Waals surface area contributed by atoms with Gasteiger partial charge in [0.05, 0.1) is 24.5 Å². The molecule has 33 heavy (non-hydrogen) atoms. The van der Waals surface area contributed by atoms with E-state index in [2.05, 4.69) is 15.5 Å². The Labute approximate surface area is 193 Å². The van der Waals surface area contributed by atoms with Crippen LogP contribution in [0.1, 0.15) is 37.9 Å². The quantitative estimate of drug-likeness (QED) is 0.434. The SMILES string of the molecule is COc1ccc(-c2nnc(SCC(=O)NC(c3cccc(C(F)(F)F)c3)C(C)(C)C)o2)cc1. The Bertz CT molecular complexity index is 1090. The molecule has 176 valence electrons. The van der Waals surface area contributed by atoms with Crippen molar-refractivity contribution in [1.29, 1.82) is 0 Å². The molecule has 1 N–H and O–H groups in total. The smallest absolute Gasteiger partial charge is 0.416 e. The molecule has 1 heterocycles. The van der Waals surface area contributed by atoms with E-state index >= 15 is 0 Å². The summed E-state index contributed by atoms with van der Waals surface area (Å²) >= 11 is 1.05. The van der Waals surface area contributed by atoms with Crippen molar-refractivity contribution in [3.63, 3.8) is 0 Å². The Kier molecular flexibility index (Phi) is 7.36. The van der Waals surface area contributed by atoms with Crippen molar-refractivity contribution in [3.05, 3.63) is 59.7 Å². The van der Waals surface area contributed by atoms with Crippen LogP contribution in [-0.2, 0) is 11.0 Å². The molecule has 0 saturated heterocycles. The molecule has 10 heteroatoms.